The second-order valence-electron chi connectivity index (χ2n) is 2.26. The zero-order chi connectivity index (χ0) is 8.81. The summed E-state index contributed by atoms with van der Waals surface area (Å²) in [5.74, 6) is -0.180. The van der Waals surface area contributed by atoms with Crippen molar-refractivity contribution in [2.45, 2.75) is 0 Å². The summed E-state index contributed by atoms with van der Waals surface area (Å²) in [6.45, 7) is 0.925. The molecule has 1 amide bonds. The van der Waals surface area contributed by atoms with E-state index in [4.69, 9.17) is 5.73 Å². The maximum Gasteiger partial charge on any atom is 0.269 e. The number of hydrogen-bond donors (Lipinski definition) is 2. The molecule has 13 heavy (non-hydrogen) atoms. The van der Waals surface area contributed by atoms with Gasteiger partial charge in [0.2, 0.25) is 0 Å². The number of nitrogens with one attached hydrogen (secondary N) is 1. The van der Waals surface area contributed by atoms with Crippen molar-refractivity contribution in [3.05, 3.63) is 30.1 Å². The van der Waals surface area contributed by atoms with Crippen molar-refractivity contribution < 1.29 is 4.79 Å². The summed E-state index contributed by atoms with van der Waals surface area (Å²) in [5, 5.41) is 2.62. The van der Waals surface area contributed by atoms with Gasteiger partial charge >= 0.3 is 0 Å². The third kappa shape index (κ3) is 3.87. The smallest absolute Gasteiger partial charge is 0.269 e. The predicted octanol–water partition coefficient (Wildman–Crippen LogP) is 0.192. The Hall–Kier alpha value is -1.13. The first kappa shape index (κ1) is 11.9. The summed E-state index contributed by atoms with van der Waals surface area (Å²) in [7, 11) is 0. The number of rotatable bonds is 3. The molecule has 4 nitrogen and oxygen atoms in total. The van der Waals surface area contributed by atoms with Crippen molar-refractivity contribution in [1.29, 1.82) is 0 Å². The highest BCUT2D eigenvalue weighted by Crippen LogP contribution is 1.91. The van der Waals surface area contributed by atoms with E-state index in [1.54, 1.807) is 24.4 Å². The third-order valence-corrected chi connectivity index (χ3v) is 1.33. The van der Waals surface area contributed by atoms with Gasteiger partial charge in [0.05, 0.1) is 0 Å². The van der Waals surface area contributed by atoms with E-state index >= 15 is 0 Å². The van der Waals surface area contributed by atoms with Crippen molar-refractivity contribution in [2.24, 2.45) is 5.73 Å². The minimum absolute atomic E-state index is 0. The van der Waals surface area contributed by atoms with Crippen LogP contribution in [0, 0.1) is 0 Å². The van der Waals surface area contributed by atoms with Gasteiger partial charge in [0.15, 0.2) is 0 Å². The van der Waals surface area contributed by atoms with E-state index in [2.05, 4.69) is 10.3 Å². The highest BCUT2D eigenvalue weighted by atomic mass is 35.5. The van der Waals surface area contributed by atoms with Crippen molar-refractivity contribution in [3.8, 4) is 0 Å². The number of halogens is 1. The Morgan fingerprint density at radius 2 is 2.31 bits per heavy atom. The minimum atomic E-state index is -0.180. The number of nitrogens with two attached hydrogens (primary N) is 1. The van der Waals surface area contributed by atoms with E-state index in [-0.39, 0.29) is 18.3 Å². The zero-order valence-corrected chi connectivity index (χ0v) is 7.88. The van der Waals surface area contributed by atoms with Gasteiger partial charge in [0, 0.05) is 19.3 Å². The van der Waals surface area contributed by atoms with Crippen molar-refractivity contribution in [1.82, 2.24) is 10.3 Å². The van der Waals surface area contributed by atoms with Gasteiger partial charge in [-0.2, -0.15) is 0 Å². The standard InChI is InChI=1S/C8H11N3O.ClH/c9-4-6-11-8(12)7-3-1-2-5-10-7;/h1-3,5H,4,6,9H2,(H,11,12);1H. The van der Waals surface area contributed by atoms with Crippen LogP contribution in [0.25, 0.3) is 0 Å². The predicted molar refractivity (Wildman–Crippen MR) is 52.9 cm³/mol. The van der Waals surface area contributed by atoms with Crippen LogP contribution in [-0.2, 0) is 0 Å². The largest absolute Gasteiger partial charge is 0.349 e. The SMILES string of the molecule is Cl.NCCNC(=O)c1ccccn1. The van der Waals surface area contributed by atoms with Crippen LogP contribution in [0.3, 0.4) is 0 Å². The van der Waals surface area contributed by atoms with Gasteiger partial charge in [-0.25, -0.2) is 0 Å². The average molecular weight is 202 g/mol. The van der Waals surface area contributed by atoms with E-state index in [1.807, 2.05) is 0 Å². The molecule has 0 unspecified atom stereocenters. The van der Waals surface area contributed by atoms with Crippen LogP contribution in [0.4, 0.5) is 0 Å². The minimum Gasteiger partial charge on any atom is -0.349 e. The molecule has 3 N–H and O–H groups in total. The summed E-state index contributed by atoms with van der Waals surface area (Å²) >= 11 is 0. The molecule has 0 atom stereocenters. The molecule has 0 radical (unpaired) electrons. The molecular weight excluding hydrogens is 190 g/mol. The topological polar surface area (TPSA) is 68.0 Å². The second-order valence-corrected chi connectivity index (χ2v) is 2.26. The summed E-state index contributed by atoms with van der Waals surface area (Å²) < 4.78 is 0. The molecule has 0 aromatic carbocycles. The monoisotopic (exact) mass is 201 g/mol. The maximum absolute atomic E-state index is 11.2. The molecule has 72 valence electrons. The Bertz CT molecular complexity index is 253. The molecule has 0 aliphatic rings. The van der Waals surface area contributed by atoms with Crippen LogP contribution in [0.5, 0.6) is 0 Å². The van der Waals surface area contributed by atoms with Gasteiger partial charge in [-0.05, 0) is 12.1 Å². The molecule has 1 aromatic heterocycles. The lowest BCUT2D eigenvalue weighted by molar-refractivity contribution is 0.0950. The van der Waals surface area contributed by atoms with Gasteiger partial charge in [-0.1, -0.05) is 6.07 Å². The summed E-state index contributed by atoms with van der Waals surface area (Å²) in [5.41, 5.74) is 5.64. The number of pyridine rings is 1. The summed E-state index contributed by atoms with van der Waals surface area (Å²) in [6.07, 6.45) is 1.58. The van der Waals surface area contributed by atoms with Gasteiger partial charge in [-0.3, -0.25) is 9.78 Å². The van der Waals surface area contributed by atoms with Crippen molar-refractivity contribution in [2.75, 3.05) is 13.1 Å². The first-order chi connectivity index (χ1) is 5.84. The van der Waals surface area contributed by atoms with Crippen LogP contribution >= 0.6 is 12.4 Å². The zero-order valence-electron chi connectivity index (χ0n) is 7.06. The molecule has 5 heteroatoms. The number of hydrogen-bond acceptors (Lipinski definition) is 3. The molecule has 1 rings (SSSR count). The van der Waals surface area contributed by atoms with Crippen LogP contribution in [-0.4, -0.2) is 24.0 Å². The second kappa shape index (κ2) is 6.39. The lowest BCUT2D eigenvalue weighted by Crippen LogP contribution is -2.29. The average Bonchev–Trinajstić information content (AvgIpc) is 2.15. The van der Waals surface area contributed by atoms with Gasteiger partial charge < -0.3 is 11.1 Å². The quantitative estimate of drug-likeness (QED) is 0.734. The molecular formula is C8H12ClN3O. The van der Waals surface area contributed by atoms with E-state index in [9.17, 15) is 4.79 Å². The fourth-order valence-corrected chi connectivity index (χ4v) is 0.773. The molecule has 1 heterocycles. The third-order valence-electron chi connectivity index (χ3n) is 1.33. The lowest BCUT2D eigenvalue weighted by atomic mass is 10.3. The highest BCUT2D eigenvalue weighted by molar-refractivity contribution is 5.92. The molecule has 1 aromatic rings. The fourth-order valence-electron chi connectivity index (χ4n) is 0.773. The van der Waals surface area contributed by atoms with Crippen molar-refractivity contribution >= 4 is 18.3 Å². The number of carbonyl (C=O) groups excluding carboxylic acids is 1. The molecule has 0 saturated carbocycles. The normalized spacial score (nSPS) is 8.69. The molecule has 0 saturated heterocycles. The molecule has 0 aliphatic heterocycles. The van der Waals surface area contributed by atoms with Crippen LogP contribution in [0.15, 0.2) is 24.4 Å². The Kier molecular flexibility index (Phi) is 5.84. The number of aromatic nitrogens is 1. The van der Waals surface area contributed by atoms with E-state index in [0.717, 1.165) is 0 Å². The molecule has 0 spiro atoms. The number of carbonyl (C=O) groups is 1. The Morgan fingerprint density at radius 1 is 1.54 bits per heavy atom. The maximum atomic E-state index is 11.2. The van der Waals surface area contributed by atoms with E-state index < -0.39 is 0 Å². The van der Waals surface area contributed by atoms with E-state index in [1.165, 1.54) is 0 Å². The Labute approximate surface area is 83.0 Å². The first-order valence-corrected chi connectivity index (χ1v) is 3.74. The van der Waals surface area contributed by atoms with Crippen LogP contribution < -0.4 is 11.1 Å². The molecule has 0 aliphatic carbocycles. The molecule has 0 fully saturated rings. The van der Waals surface area contributed by atoms with Crippen LogP contribution in [0.1, 0.15) is 10.5 Å². The highest BCUT2D eigenvalue weighted by Gasteiger charge is 2.02. The Morgan fingerprint density at radius 3 is 2.85 bits per heavy atom. The molecule has 0 bridgehead atoms. The summed E-state index contributed by atoms with van der Waals surface area (Å²) in [4.78, 5) is 15.1. The number of nitrogens with zero attached hydrogens (tertiary/aromatic N) is 1. The van der Waals surface area contributed by atoms with Gasteiger partial charge in [0.25, 0.3) is 5.91 Å². The number of amides is 1. The first-order valence-electron chi connectivity index (χ1n) is 3.74. The van der Waals surface area contributed by atoms with Gasteiger partial charge in [-0.15, -0.1) is 12.4 Å². The lowest BCUT2D eigenvalue weighted by Gasteiger charge is -2.00. The van der Waals surface area contributed by atoms with E-state index in [0.29, 0.717) is 18.8 Å². The summed E-state index contributed by atoms with van der Waals surface area (Å²) in [6, 6.07) is 5.19. The van der Waals surface area contributed by atoms with Gasteiger partial charge in [0.1, 0.15) is 5.69 Å². The Balaban J connectivity index is 0.00000144. The fraction of sp³-hybridized carbons (Fsp3) is 0.250. The van der Waals surface area contributed by atoms with Crippen molar-refractivity contribution in [3.63, 3.8) is 0 Å². The van der Waals surface area contributed by atoms with Crippen LogP contribution in [0.2, 0.25) is 0 Å².